The third-order valence-corrected chi connectivity index (χ3v) is 3.94. The highest BCUT2D eigenvalue weighted by Gasteiger charge is 2.15. The number of nitro groups is 1. The van der Waals surface area contributed by atoms with Gasteiger partial charge in [0.15, 0.2) is 5.15 Å². The van der Waals surface area contributed by atoms with Crippen LogP contribution in [0.25, 0.3) is 6.08 Å². The Labute approximate surface area is 149 Å². The predicted molar refractivity (Wildman–Crippen MR) is 94.7 cm³/mol. The van der Waals surface area contributed by atoms with E-state index in [0.717, 1.165) is 30.3 Å². The lowest BCUT2D eigenvalue weighted by Crippen LogP contribution is -2.07. The van der Waals surface area contributed by atoms with E-state index in [2.05, 4.69) is 11.9 Å². The van der Waals surface area contributed by atoms with Crippen molar-refractivity contribution in [2.75, 3.05) is 0 Å². The second-order valence-corrected chi connectivity index (χ2v) is 5.85. The molecular weight excluding hydrogens is 346 g/mol. The number of hydrogen-bond acceptors (Lipinski definition) is 4. The lowest BCUT2D eigenvalue weighted by Gasteiger charge is -2.10. The minimum absolute atomic E-state index is 0.0182. The molecule has 0 bridgehead atoms. The molecule has 0 fully saturated rings. The first-order chi connectivity index (χ1) is 11.9. The number of carboxylic acids is 1. The van der Waals surface area contributed by atoms with E-state index in [1.807, 2.05) is 4.57 Å². The summed E-state index contributed by atoms with van der Waals surface area (Å²) in [7, 11) is 0. The first-order valence-corrected chi connectivity index (χ1v) is 8.19. The summed E-state index contributed by atoms with van der Waals surface area (Å²) in [6.45, 7) is 2.46. The summed E-state index contributed by atoms with van der Waals surface area (Å²) >= 11 is 6.18. The van der Waals surface area contributed by atoms with Crippen LogP contribution in [0.2, 0.25) is 5.15 Å². The van der Waals surface area contributed by atoms with Gasteiger partial charge in [-0.15, -0.1) is 0 Å². The first kappa shape index (κ1) is 18.7. The van der Waals surface area contributed by atoms with Gasteiger partial charge in [-0.2, -0.15) is 0 Å². The number of carbonyl (C=O) groups is 1. The van der Waals surface area contributed by atoms with Gasteiger partial charge in [-0.25, -0.2) is 9.78 Å². The van der Waals surface area contributed by atoms with Gasteiger partial charge in [-0.1, -0.05) is 37.1 Å². The zero-order valence-electron chi connectivity index (χ0n) is 13.7. The third-order valence-electron chi connectivity index (χ3n) is 3.67. The minimum atomic E-state index is -1.07. The Morgan fingerprint density at radius 3 is 2.64 bits per heavy atom. The Morgan fingerprint density at radius 2 is 2.08 bits per heavy atom. The fraction of sp³-hybridized carbons (Fsp3) is 0.294. The van der Waals surface area contributed by atoms with Crippen molar-refractivity contribution in [1.29, 1.82) is 0 Å². The second-order valence-electron chi connectivity index (χ2n) is 5.49. The van der Waals surface area contributed by atoms with Crippen molar-refractivity contribution in [1.82, 2.24) is 9.55 Å². The molecule has 0 radical (unpaired) electrons. The van der Waals surface area contributed by atoms with E-state index < -0.39 is 10.9 Å². The smallest absolute Gasteiger partial charge is 0.328 e. The lowest BCUT2D eigenvalue weighted by molar-refractivity contribution is -0.384. The van der Waals surface area contributed by atoms with E-state index in [1.165, 1.54) is 18.2 Å². The van der Waals surface area contributed by atoms with Crippen molar-refractivity contribution in [3.05, 3.63) is 62.7 Å². The van der Waals surface area contributed by atoms with Gasteiger partial charge in [0.25, 0.3) is 5.69 Å². The number of imidazole rings is 1. The fourth-order valence-corrected chi connectivity index (χ4v) is 2.66. The van der Waals surface area contributed by atoms with Gasteiger partial charge < -0.3 is 9.67 Å². The van der Waals surface area contributed by atoms with Crippen LogP contribution in [0.3, 0.4) is 0 Å². The number of aryl methyl sites for hydroxylation is 1. The molecule has 0 atom stereocenters. The highest BCUT2D eigenvalue weighted by molar-refractivity contribution is 6.30. The number of carboxylic acid groups (broad SMARTS) is 1. The zero-order valence-corrected chi connectivity index (χ0v) is 14.4. The molecule has 1 aromatic heterocycles. The molecule has 0 spiro atoms. The Morgan fingerprint density at radius 1 is 1.40 bits per heavy atom. The molecule has 1 aromatic carbocycles. The number of halogens is 1. The van der Waals surface area contributed by atoms with Gasteiger partial charge in [0.05, 0.1) is 10.6 Å². The third kappa shape index (κ3) is 4.90. The van der Waals surface area contributed by atoms with Crippen molar-refractivity contribution < 1.29 is 14.8 Å². The van der Waals surface area contributed by atoms with Crippen molar-refractivity contribution in [3.8, 4) is 0 Å². The summed E-state index contributed by atoms with van der Waals surface area (Å²) in [4.78, 5) is 25.5. The van der Waals surface area contributed by atoms with E-state index in [9.17, 15) is 14.9 Å². The molecule has 0 unspecified atom stereocenters. The largest absolute Gasteiger partial charge is 0.478 e. The Kier molecular flexibility index (Phi) is 6.30. The summed E-state index contributed by atoms with van der Waals surface area (Å²) in [5.41, 5.74) is 1.36. The normalized spacial score (nSPS) is 11.1. The molecule has 1 N–H and O–H groups in total. The van der Waals surface area contributed by atoms with Gasteiger partial charge in [-0.05, 0) is 18.1 Å². The van der Waals surface area contributed by atoms with Crippen molar-refractivity contribution in [2.24, 2.45) is 0 Å². The maximum Gasteiger partial charge on any atom is 0.328 e. The van der Waals surface area contributed by atoms with Crippen molar-refractivity contribution >= 4 is 29.3 Å². The molecule has 25 heavy (non-hydrogen) atoms. The molecule has 0 aliphatic heterocycles. The number of aliphatic carboxylic acids is 1. The fourth-order valence-electron chi connectivity index (χ4n) is 2.40. The molecule has 2 rings (SSSR count). The van der Waals surface area contributed by atoms with Crippen LogP contribution in [0, 0.1) is 10.1 Å². The van der Waals surface area contributed by atoms with Crippen LogP contribution in [0.5, 0.6) is 0 Å². The summed E-state index contributed by atoms with van der Waals surface area (Å²) in [6.07, 6.45) is 5.06. The van der Waals surface area contributed by atoms with Gasteiger partial charge in [0.2, 0.25) is 0 Å². The second kappa shape index (κ2) is 8.43. The van der Waals surface area contributed by atoms with Gasteiger partial charge >= 0.3 is 5.97 Å². The summed E-state index contributed by atoms with van der Waals surface area (Å²) in [5, 5.41) is 19.9. The number of nitrogens with zero attached hydrogens (tertiary/aromatic N) is 3. The van der Waals surface area contributed by atoms with Crippen molar-refractivity contribution in [2.45, 2.75) is 32.7 Å². The molecule has 0 saturated carbocycles. The Hall–Kier alpha value is -2.67. The predicted octanol–water partition coefficient (Wildman–Crippen LogP) is 3.93. The van der Waals surface area contributed by atoms with E-state index in [4.69, 9.17) is 16.7 Å². The van der Waals surface area contributed by atoms with E-state index in [-0.39, 0.29) is 10.8 Å². The Bertz CT molecular complexity index is 797. The number of non-ortho nitro benzene ring substituents is 1. The molecule has 0 aliphatic carbocycles. The SMILES string of the molecule is CCCCc1nc(Cl)c(C=CC(=O)O)n1Cc1ccc([N+](=O)[O-])cc1. The number of benzene rings is 1. The van der Waals surface area contributed by atoms with Crippen LogP contribution in [0.4, 0.5) is 5.69 Å². The topological polar surface area (TPSA) is 98.3 Å². The monoisotopic (exact) mass is 363 g/mol. The number of hydrogen-bond donors (Lipinski definition) is 1. The van der Waals surface area contributed by atoms with Crippen LogP contribution < -0.4 is 0 Å². The summed E-state index contributed by atoms with van der Waals surface area (Å²) in [5.74, 6) is -0.315. The maximum atomic E-state index is 10.8. The molecule has 0 amide bonds. The maximum absolute atomic E-state index is 10.8. The van der Waals surface area contributed by atoms with Crippen LogP contribution in [0.1, 0.15) is 36.8 Å². The molecule has 132 valence electrons. The number of nitro benzene ring substituents is 1. The number of unbranched alkanes of at least 4 members (excludes halogenated alkanes) is 1. The number of aromatic nitrogens is 2. The number of rotatable bonds is 8. The first-order valence-electron chi connectivity index (χ1n) is 7.81. The zero-order chi connectivity index (χ0) is 18.4. The molecule has 7 nitrogen and oxygen atoms in total. The van der Waals surface area contributed by atoms with Gasteiger partial charge in [0.1, 0.15) is 5.82 Å². The quantitative estimate of drug-likeness (QED) is 0.435. The van der Waals surface area contributed by atoms with Gasteiger partial charge in [-0.3, -0.25) is 10.1 Å². The van der Waals surface area contributed by atoms with E-state index in [0.29, 0.717) is 18.7 Å². The lowest BCUT2D eigenvalue weighted by atomic mass is 10.2. The Balaban J connectivity index is 2.37. The van der Waals surface area contributed by atoms with E-state index in [1.54, 1.807) is 12.1 Å². The molecule has 1 heterocycles. The average Bonchev–Trinajstić information content (AvgIpc) is 2.86. The van der Waals surface area contributed by atoms with E-state index >= 15 is 0 Å². The van der Waals surface area contributed by atoms with Gasteiger partial charge in [0, 0.05) is 31.2 Å². The van der Waals surface area contributed by atoms with Crippen LogP contribution in [-0.2, 0) is 17.8 Å². The standard InChI is InChI=1S/C17H18ClN3O4/c1-2-3-4-15-19-17(18)14(9-10-16(22)23)20(15)11-12-5-7-13(8-6-12)21(24)25/h5-10H,2-4,11H2,1H3,(H,22,23). The minimum Gasteiger partial charge on any atom is -0.478 e. The van der Waals surface area contributed by atoms with Crippen LogP contribution in [0.15, 0.2) is 30.3 Å². The molecular formula is C17H18ClN3O4. The average molecular weight is 364 g/mol. The summed E-state index contributed by atoms with van der Waals surface area (Å²) in [6, 6.07) is 6.21. The highest BCUT2D eigenvalue weighted by Crippen LogP contribution is 2.23. The molecule has 8 heteroatoms. The van der Waals surface area contributed by atoms with Crippen LogP contribution >= 0.6 is 11.6 Å². The highest BCUT2D eigenvalue weighted by atomic mass is 35.5. The molecule has 0 aliphatic rings. The van der Waals surface area contributed by atoms with Crippen LogP contribution in [-0.4, -0.2) is 25.6 Å². The van der Waals surface area contributed by atoms with Crippen molar-refractivity contribution in [3.63, 3.8) is 0 Å². The molecule has 0 saturated heterocycles. The summed E-state index contributed by atoms with van der Waals surface area (Å²) < 4.78 is 1.85. The molecule has 2 aromatic rings.